The van der Waals surface area contributed by atoms with Crippen LogP contribution in [-0.2, 0) is 16.0 Å². The van der Waals surface area contributed by atoms with Crippen LogP contribution in [0, 0.1) is 0 Å². The van der Waals surface area contributed by atoms with Gasteiger partial charge in [-0.25, -0.2) is 9.59 Å². The van der Waals surface area contributed by atoms with E-state index in [9.17, 15) is 24.6 Å². The summed E-state index contributed by atoms with van der Waals surface area (Å²) >= 11 is 6.23. The smallest absolute Gasteiger partial charge is 0.337 e. The van der Waals surface area contributed by atoms with E-state index in [1.165, 1.54) is 24.5 Å². The number of nitrogens with zero attached hydrogens (tertiary/aromatic N) is 1. The highest BCUT2D eigenvalue weighted by Crippen LogP contribution is 2.24. The lowest BCUT2D eigenvalue weighted by Gasteiger charge is -2.23. The van der Waals surface area contributed by atoms with Crippen LogP contribution in [0.5, 0.6) is 0 Å². The van der Waals surface area contributed by atoms with Gasteiger partial charge in [-0.15, -0.1) is 0 Å². The maximum absolute atomic E-state index is 13.1. The van der Waals surface area contributed by atoms with E-state index < -0.39 is 30.0 Å². The second kappa shape index (κ2) is 11.4. The largest absolute Gasteiger partial charge is 0.478 e. The molecule has 0 fully saturated rings. The van der Waals surface area contributed by atoms with Gasteiger partial charge in [0.1, 0.15) is 0 Å². The van der Waals surface area contributed by atoms with Crippen molar-refractivity contribution in [3.63, 3.8) is 0 Å². The highest BCUT2D eigenvalue weighted by atomic mass is 35.5. The van der Waals surface area contributed by atoms with Crippen molar-refractivity contribution < 1.29 is 29.3 Å². The second-order valence-corrected chi connectivity index (χ2v) is 7.79. The second-order valence-electron chi connectivity index (χ2n) is 7.39. The van der Waals surface area contributed by atoms with Crippen molar-refractivity contribution in [1.82, 2.24) is 10.3 Å². The van der Waals surface area contributed by atoms with E-state index in [0.29, 0.717) is 21.7 Å². The number of aliphatic hydroxyl groups is 1. The molecule has 8 nitrogen and oxygen atoms in total. The highest BCUT2D eigenvalue weighted by Gasteiger charge is 2.30. The van der Waals surface area contributed by atoms with Crippen LogP contribution in [0.4, 0.5) is 0 Å². The average molecular weight is 483 g/mol. The molecule has 3 N–H and O–H groups in total. The summed E-state index contributed by atoms with van der Waals surface area (Å²) in [5, 5.41) is 23.1. The molecule has 2 atom stereocenters. The predicted molar refractivity (Wildman–Crippen MR) is 126 cm³/mol. The Kier molecular flexibility index (Phi) is 8.34. The maximum atomic E-state index is 13.1. The number of hydrogen-bond donors (Lipinski definition) is 3. The number of halogens is 1. The summed E-state index contributed by atoms with van der Waals surface area (Å²) in [5.74, 6) is -2.59. The number of esters is 1. The zero-order valence-electron chi connectivity index (χ0n) is 18.3. The van der Waals surface area contributed by atoms with Gasteiger partial charge in [-0.05, 0) is 42.7 Å². The summed E-state index contributed by atoms with van der Waals surface area (Å²) in [6, 6.07) is 13.7. The van der Waals surface area contributed by atoms with Gasteiger partial charge in [0.15, 0.2) is 6.10 Å². The van der Waals surface area contributed by atoms with Gasteiger partial charge in [0, 0.05) is 23.0 Å². The molecule has 1 heterocycles. The number of amides is 1. The molecule has 0 spiro atoms. The van der Waals surface area contributed by atoms with Crippen LogP contribution < -0.4 is 5.32 Å². The molecule has 0 aliphatic carbocycles. The van der Waals surface area contributed by atoms with Gasteiger partial charge in [0.2, 0.25) is 0 Å². The van der Waals surface area contributed by atoms with E-state index >= 15 is 0 Å². The summed E-state index contributed by atoms with van der Waals surface area (Å²) in [4.78, 5) is 40.9. The highest BCUT2D eigenvalue weighted by molar-refractivity contribution is 6.31. The lowest BCUT2D eigenvalue weighted by atomic mass is 9.99. The van der Waals surface area contributed by atoms with Gasteiger partial charge >= 0.3 is 11.9 Å². The SMILES string of the molecule is CCOC(=O)C(O)C(Cc1ccccc1Cl)NC(=O)c1cncc(-c2ccccc2C(=O)O)c1. The molecule has 34 heavy (non-hydrogen) atoms. The molecule has 0 aliphatic heterocycles. The molecular weight excluding hydrogens is 460 g/mol. The number of carboxylic acid groups (broad SMARTS) is 1. The van der Waals surface area contributed by atoms with Crippen LogP contribution in [0.15, 0.2) is 67.0 Å². The van der Waals surface area contributed by atoms with E-state index in [4.69, 9.17) is 16.3 Å². The number of nitrogens with one attached hydrogen (secondary N) is 1. The lowest BCUT2D eigenvalue weighted by molar-refractivity contribution is -0.154. The van der Waals surface area contributed by atoms with Crippen molar-refractivity contribution >= 4 is 29.4 Å². The number of aromatic nitrogens is 1. The van der Waals surface area contributed by atoms with Gasteiger partial charge in [-0.3, -0.25) is 9.78 Å². The van der Waals surface area contributed by atoms with Crippen LogP contribution in [-0.4, -0.2) is 51.8 Å². The topological polar surface area (TPSA) is 126 Å². The number of carboxylic acids is 1. The summed E-state index contributed by atoms with van der Waals surface area (Å²) < 4.78 is 4.91. The zero-order valence-corrected chi connectivity index (χ0v) is 19.0. The summed E-state index contributed by atoms with van der Waals surface area (Å²) in [7, 11) is 0. The van der Waals surface area contributed by atoms with Crippen LogP contribution in [0.1, 0.15) is 33.2 Å². The van der Waals surface area contributed by atoms with Gasteiger partial charge in [0.25, 0.3) is 5.91 Å². The molecule has 3 rings (SSSR count). The molecule has 3 aromatic rings. The normalized spacial score (nSPS) is 12.4. The predicted octanol–water partition coefficient (Wildman–Crippen LogP) is 3.37. The van der Waals surface area contributed by atoms with Crippen LogP contribution in [0.25, 0.3) is 11.1 Å². The van der Waals surface area contributed by atoms with E-state index in [1.54, 1.807) is 49.4 Å². The fourth-order valence-corrected chi connectivity index (χ4v) is 3.63. The van der Waals surface area contributed by atoms with Crippen molar-refractivity contribution in [2.45, 2.75) is 25.5 Å². The minimum absolute atomic E-state index is 0.0659. The van der Waals surface area contributed by atoms with Crippen molar-refractivity contribution in [3.05, 3.63) is 88.7 Å². The van der Waals surface area contributed by atoms with Crippen molar-refractivity contribution in [2.75, 3.05) is 6.61 Å². The third-order valence-corrected chi connectivity index (χ3v) is 5.46. The number of carbonyl (C=O) groups excluding carboxylic acids is 2. The van der Waals surface area contributed by atoms with E-state index in [2.05, 4.69) is 10.3 Å². The monoisotopic (exact) mass is 482 g/mol. The number of pyridine rings is 1. The molecule has 2 aromatic carbocycles. The molecular formula is C25H23ClN2O6. The number of aromatic carboxylic acids is 1. The Balaban J connectivity index is 1.89. The van der Waals surface area contributed by atoms with E-state index in [-0.39, 0.29) is 24.2 Å². The first-order valence-corrected chi connectivity index (χ1v) is 10.9. The van der Waals surface area contributed by atoms with Gasteiger partial charge in [0.05, 0.1) is 23.8 Å². The molecule has 2 unspecified atom stereocenters. The summed E-state index contributed by atoms with van der Waals surface area (Å²) in [5.41, 5.74) is 1.64. The van der Waals surface area contributed by atoms with Gasteiger partial charge < -0.3 is 20.3 Å². The number of aliphatic hydroxyl groups excluding tert-OH is 1. The third kappa shape index (κ3) is 5.98. The Bertz CT molecular complexity index is 1200. The van der Waals surface area contributed by atoms with Gasteiger partial charge in [-0.2, -0.15) is 0 Å². The Morgan fingerprint density at radius 3 is 2.50 bits per heavy atom. The van der Waals surface area contributed by atoms with Crippen molar-refractivity contribution in [1.29, 1.82) is 0 Å². The molecule has 176 valence electrons. The molecule has 0 radical (unpaired) electrons. The third-order valence-electron chi connectivity index (χ3n) is 5.09. The first kappa shape index (κ1) is 24.9. The fraction of sp³-hybridized carbons (Fsp3) is 0.200. The Morgan fingerprint density at radius 2 is 1.79 bits per heavy atom. The lowest BCUT2D eigenvalue weighted by Crippen LogP contribution is -2.49. The summed E-state index contributed by atoms with van der Waals surface area (Å²) in [6.45, 7) is 1.68. The number of benzene rings is 2. The summed E-state index contributed by atoms with van der Waals surface area (Å²) in [6.07, 6.45) is 1.20. The number of carbonyl (C=O) groups is 3. The molecule has 0 bridgehead atoms. The molecule has 1 amide bonds. The first-order valence-electron chi connectivity index (χ1n) is 10.5. The van der Waals surface area contributed by atoms with Crippen molar-refractivity contribution in [3.8, 4) is 11.1 Å². The fourth-order valence-electron chi connectivity index (χ4n) is 3.42. The van der Waals surface area contributed by atoms with Crippen LogP contribution >= 0.6 is 11.6 Å². The average Bonchev–Trinajstić information content (AvgIpc) is 2.84. The Hall–Kier alpha value is -3.75. The minimum atomic E-state index is -1.64. The van der Waals surface area contributed by atoms with E-state index in [1.807, 2.05) is 0 Å². The zero-order chi connectivity index (χ0) is 24.7. The number of ether oxygens (including phenoxy) is 1. The van der Waals surface area contributed by atoms with E-state index in [0.717, 1.165) is 0 Å². The standard InChI is InChI=1S/C25H23ClN2O6/c1-2-34-25(33)22(29)21(12-15-7-3-6-10-20(15)26)28-23(30)17-11-16(13-27-14-17)18-8-4-5-9-19(18)24(31)32/h3-11,13-14,21-22,29H,2,12H2,1H3,(H,28,30)(H,31,32). The molecule has 9 heteroatoms. The minimum Gasteiger partial charge on any atom is -0.478 e. The maximum Gasteiger partial charge on any atom is 0.337 e. The molecule has 1 aromatic heterocycles. The number of hydrogen-bond acceptors (Lipinski definition) is 6. The Labute approximate surface area is 201 Å². The van der Waals surface area contributed by atoms with Crippen LogP contribution in [0.2, 0.25) is 5.02 Å². The first-order chi connectivity index (χ1) is 16.3. The molecule has 0 saturated carbocycles. The number of rotatable bonds is 9. The Morgan fingerprint density at radius 1 is 1.09 bits per heavy atom. The van der Waals surface area contributed by atoms with Gasteiger partial charge in [-0.1, -0.05) is 48.0 Å². The quantitative estimate of drug-likeness (QED) is 0.399. The van der Waals surface area contributed by atoms with Crippen molar-refractivity contribution in [2.24, 2.45) is 0 Å². The van der Waals surface area contributed by atoms with Crippen LogP contribution in [0.3, 0.4) is 0 Å². The molecule has 0 aliphatic rings. The molecule has 0 saturated heterocycles.